The monoisotopic (exact) mass is 320 g/mol. The summed E-state index contributed by atoms with van der Waals surface area (Å²) in [6.07, 6.45) is 3.83. The fourth-order valence-electron chi connectivity index (χ4n) is 2.82. The standard InChI is InChI=1S/C16H24N4OS/c1-13-3-4-15(22-13)14(20-7-9-21-10-8-20)11-17-12-16-18-5-6-19(16)2/h3-6,14,17H,7-12H2,1-2H3/t14-/m1/s1. The van der Waals surface area contributed by atoms with Crippen LogP contribution < -0.4 is 5.32 Å². The summed E-state index contributed by atoms with van der Waals surface area (Å²) < 4.78 is 7.56. The molecule has 1 atom stereocenters. The van der Waals surface area contributed by atoms with Crippen LogP contribution >= 0.6 is 11.3 Å². The number of nitrogens with one attached hydrogen (secondary N) is 1. The summed E-state index contributed by atoms with van der Waals surface area (Å²) in [4.78, 5) is 9.71. The van der Waals surface area contributed by atoms with Gasteiger partial charge in [-0.15, -0.1) is 11.3 Å². The normalized spacial score (nSPS) is 17.7. The summed E-state index contributed by atoms with van der Waals surface area (Å²) in [5.74, 6) is 1.07. The molecule has 5 nitrogen and oxygen atoms in total. The van der Waals surface area contributed by atoms with Crippen molar-refractivity contribution in [2.24, 2.45) is 7.05 Å². The first kappa shape index (κ1) is 15.7. The van der Waals surface area contributed by atoms with E-state index in [1.54, 1.807) is 0 Å². The molecule has 0 aromatic carbocycles. The highest BCUT2D eigenvalue weighted by Gasteiger charge is 2.23. The second-order valence-corrected chi connectivity index (χ2v) is 7.02. The van der Waals surface area contributed by atoms with E-state index < -0.39 is 0 Å². The SMILES string of the molecule is Cc1ccc([C@@H](CNCc2nccn2C)N2CCOCC2)s1. The first-order valence-corrected chi connectivity index (χ1v) is 8.61. The summed E-state index contributed by atoms with van der Waals surface area (Å²) in [5, 5.41) is 3.57. The van der Waals surface area contributed by atoms with E-state index >= 15 is 0 Å². The van der Waals surface area contributed by atoms with Crippen LogP contribution in [0.4, 0.5) is 0 Å². The Morgan fingerprint density at radius 1 is 1.36 bits per heavy atom. The number of hydrogen-bond donors (Lipinski definition) is 1. The summed E-state index contributed by atoms with van der Waals surface area (Å²) in [5.41, 5.74) is 0. The molecule has 2 aromatic heterocycles. The fourth-order valence-corrected chi connectivity index (χ4v) is 3.83. The summed E-state index contributed by atoms with van der Waals surface area (Å²) in [7, 11) is 2.03. The van der Waals surface area contributed by atoms with E-state index in [4.69, 9.17) is 4.74 Å². The molecule has 6 heteroatoms. The minimum absolute atomic E-state index is 0.419. The van der Waals surface area contributed by atoms with Crippen LogP contribution in [-0.4, -0.2) is 47.3 Å². The van der Waals surface area contributed by atoms with Gasteiger partial charge in [0.25, 0.3) is 0 Å². The van der Waals surface area contributed by atoms with E-state index in [0.29, 0.717) is 6.04 Å². The van der Waals surface area contributed by atoms with Crippen LogP contribution in [0.3, 0.4) is 0 Å². The average Bonchev–Trinajstić information content (AvgIpc) is 3.13. The zero-order chi connectivity index (χ0) is 15.4. The molecule has 2 aromatic rings. The van der Waals surface area contributed by atoms with E-state index in [1.165, 1.54) is 9.75 Å². The second-order valence-electron chi connectivity index (χ2n) is 5.70. The van der Waals surface area contributed by atoms with Crippen molar-refractivity contribution in [3.8, 4) is 0 Å². The Morgan fingerprint density at radius 3 is 2.82 bits per heavy atom. The molecule has 0 unspecified atom stereocenters. The predicted molar refractivity (Wildman–Crippen MR) is 89.1 cm³/mol. The lowest BCUT2D eigenvalue weighted by molar-refractivity contribution is 0.0168. The lowest BCUT2D eigenvalue weighted by Crippen LogP contribution is -2.42. The van der Waals surface area contributed by atoms with Gasteiger partial charge < -0.3 is 14.6 Å². The predicted octanol–water partition coefficient (Wildman–Crippen LogP) is 1.95. The van der Waals surface area contributed by atoms with Crippen LogP contribution in [0.15, 0.2) is 24.5 Å². The smallest absolute Gasteiger partial charge is 0.122 e. The molecule has 22 heavy (non-hydrogen) atoms. The van der Waals surface area contributed by atoms with Gasteiger partial charge in [0.2, 0.25) is 0 Å². The van der Waals surface area contributed by atoms with Crippen molar-refractivity contribution in [2.75, 3.05) is 32.8 Å². The van der Waals surface area contributed by atoms with Crippen molar-refractivity contribution >= 4 is 11.3 Å². The highest BCUT2D eigenvalue weighted by Crippen LogP contribution is 2.27. The van der Waals surface area contributed by atoms with Crippen molar-refractivity contribution in [1.82, 2.24) is 19.8 Å². The molecule has 1 fully saturated rings. The quantitative estimate of drug-likeness (QED) is 0.883. The number of aromatic nitrogens is 2. The van der Waals surface area contributed by atoms with Crippen molar-refractivity contribution in [3.63, 3.8) is 0 Å². The van der Waals surface area contributed by atoms with Crippen LogP contribution in [0.5, 0.6) is 0 Å². The number of thiophene rings is 1. The highest BCUT2D eigenvalue weighted by molar-refractivity contribution is 7.12. The van der Waals surface area contributed by atoms with Crippen LogP contribution in [0.25, 0.3) is 0 Å². The maximum absolute atomic E-state index is 5.50. The molecule has 1 saturated heterocycles. The lowest BCUT2D eigenvalue weighted by atomic mass is 10.2. The first-order valence-electron chi connectivity index (χ1n) is 7.79. The van der Waals surface area contributed by atoms with E-state index in [9.17, 15) is 0 Å². The van der Waals surface area contributed by atoms with Crippen LogP contribution in [0.2, 0.25) is 0 Å². The Balaban J connectivity index is 1.64. The molecule has 1 aliphatic rings. The minimum atomic E-state index is 0.419. The number of rotatable bonds is 6. The third kappa shape index (κ3) is 3.76. The van der Waals surface area contributed by atoms with Gasteiger partial charge in [-0.2, -0.15) is 0 Å². The summed E-state index contributed by atoms with van der Waals surface area (Å²) >= 11 is 1.90. The number of morpholine rings is 1. The number of imidazole rings is 1. The number of hydrogen-bond acceptors (Lipinski definition) is 5. The zero-order valence-corrected chi connectivity index (χ0v) is 14.1. The third-order valence-corrected chi connectivity index (χ3v) is 5.22. The average molecular weight is 320 g/mol. The van der Waals surface area contributed by atoms with Crippen LogP contribution in [-0.2, 0) is 18.3 Å². The van der Waals surface area contributed by atoms with Crippen molar-refractivity contribution in [1.29, 1.82) is 0 Å². The molecular weight excluding hydrogens is 296 g/mol. The molecule has 120 valence electrons. The van der Waals surface area contributed by atoms with Crippen molar-refractivity contribution in [3.05, 3.63) is 40.1 Å². The maximum Gasteiger partial charge on any atom is 0.122 e. The zero-order valence-electron chi connectivity index (χ0n) is 13.3. The summed E-state index contributed by atoms with van der Waals surface area (Å²) in [6.45, 7) is 7.59. The Bertz CT molecular complexity index is 588. The molecule has 1 aliphatic heterocycles. The van der Waals surface area contributed by atoms with Crippen molar-refractivity contribution < 1.29 is 4.74 Å². The van der Waals surface area contributed by atoms with Gasteiger partial charge in [0.1, 0.15) is 5.82 Å². The highest BCUT2D eigenvalue weighted by atomic mass is 32.1. The molecule has 0 bridgehead atoms. The van der Waals surface area contributed by atoms with E-state index in [-0.39, 0.29) is 0 Å². The van der Waals surface area contributed by atoms with E-state index in [1.807, 2.05) is 30.8 Å². The molecule has 0 radical (unpaired) electrons. The van der Waals surface area contributed by atoms with Crippen LogP contribution in [0.1, 0.15) is 21.6 Å². The molecule has 1 N–H and O–H groups in total. The largest absolute Gasteiger partial charge is 0.379 e. The van der Waals surface area contributed by atoms with E-state index in [0.717, 1.165) is 45.2 Å². The minimum Gasteiger partial charge on any atom is -0.379 e. The molecule has 3 rings (SSSR count). The Hall–Kier alpha value is -1.21. The van der Waals surface area contributed by atoms with Gasteiger partial charge in [-0.1, -0.05) is 0 Å². The lowest BCUT2D eigenvalue weighted by Gasteiger charge is -2.34. The van der Waals surface area contributed by atoms with Gasteiger partial charge in [0, 0.05) is 48.8 Å². The first-order chi connectivity index (χ1) is 10.7. The molecule has 0 amide bonds. The van der Waals surface area contributed by atoms with Gasteiger partial charge in [0.15, 0.2) is 0 Å². The summed E-state index contributed by atoms with van der Waals surface area (Å²) in [6, 6.07) is 4.90. The fraction of sp³-hybridized carbons (Fsp3) is 0.562. The Kier molecular flexibility index (Phi) is 5.25. The van der Waals surface area contributed by atoms with Gasteiger partial charge in [-0.05, 0) is 19.1 Å². The number of aryl methyl sites for hydroxylation is 2. The Labute approximate surface area is 135 Å². The van der Waals surface area contributed by atoms with E-state index in [2.05, 4.69) is 38.8 Å². The topological polar surface area (TPSA) is 42.3 Å². The second kappa shape index (κ2) is 7.37. The maximum atomic E-state index is 5.50. The molecule has 0 aliphatic carbocycles. The Morgan fingerprint density at radius 2 is 2.18 bits per heavy atom. The van der Waals surface area contributed by atoms with Gasteiger partial charge in [-0.25, -0.2) is 4.98 Å². The molecule has 0 saturated carbocycles. The van der Waals surface area contributed by atoms with Gasteiger partial charge >= 0.3 is 0 Å². The van der Waals surface area contributed by atoms with Crippen molar-refractivity contribution in [2.45, 2.75) is 19.5 Å². The third-order valence-electron chi connectivity index (χ3n) is 4.12. The number of ether oxygens (including phenoxy) is 1. The van der Waals surface area contributed by atoms with Gasteiger partial charge in [0.05, 0.1) is 25.8 Å². The van der Waals surface area contributed by atoms with Gasteiger partial charge in [-0.3, -0.25) is 4.90 Å². The molecular formula is C16H24N4OS. The van der Waals surface area contributed by atoms with Crippen LogP contribution in [0, 0.1) is 6.92 Å². The molecule has 0 spiro atoms. The number of nitrogens with zero attached hydrogens (tertiary/aromatic N) is 3. The molecule has 3 heterocycles.